The molecule has 1 amide bonds. The summed E-state index contributed by atoms with van der Waals surface area (Å²) in [5, 5.41) is 2.55. The summed E-state index contributed by atoms with van der Waals surface area (Å²) in [6, 6.07) is 7.75. The van der Waals surface area contributed by atoms with Gasteiger partial charge in [-0.25, -0.2) is 0 Å². The maximum Gasteiger partial charge on any atom is 0.223 e. The quantitative estimate of drug-likeness (QED) is 0.744. The topological polar surface area (TPSA) is 64.3 Å². The van der Waals surface area contributed by atoms with Crippen molar-refractivity contribution in [3.8, 4) is 5.75 Å². The molecular formula is C12H18N2O2. The van der Waals surface area contributed by atoms with E-state index in [1.807, 2.05) is 24.3 Å². The van der Waals surface area contributed by atoms with E-state index in [1.165, 1.54) is 0 Å². The summed E-state index contributed by atoms with van der Waals surface area (Å²) in [5.41, 5.74) is 6.59. The smallest absolute Gasteiger partial charge is 0.223 e. The number of benzene rings is 1. The van der Waals surface area contributed by atoms with Crippen LogP contribution in [0.2, 0.25) is 0 Å². The van der Waals surface area contributed by atoms with Gasteiger partial charge in [-0.05, 0) is 24.6 Å². The third-order valence-corrected chi connectivity index (χ3v) is 2.25. The van der Waals surface area contributed by atoms with E-state index >= 15 is 0 Å². The Bertz CT molecular complexity index is 340. The number of nitrogens with one attached hydrogen (secondary N) is 1. The van der Waals surface area contributed by atoms with Gasteiger partial charge in [-0.15, -0.1) is 0 Å². The van der Waals surface area contributed by atoms with Crippen LogP contribution in [0.5, 0.6) is 5.75 Å². The molecule has 0 unspecified atom stereocenters. The van der Waals surface area contributed by atoms with E-state index < -0.39 is 0 Å². The molecule has 0 bridgehead atoms. The molecule has 0 saturated heterocycles. The van der Waals surface area contributed by atoms with Crippen molar-refractivity contribution in [1.82, 2.24) is 5.32 Å². The first-order chi connectivity index (χ1) is 7.77. The van der Waals surface area contributed by atoms with E-state index in [0.29, 0.717) is 19.6 Å². The van der Waals surface area contributed by atoms with Crippen LogP contribution in [0.15, 0.2) is 24.3 Å². The summed E-state index contributed by atoms with van der Waals surface area (Å²) in [6.45, 7) is 0.983. The zero-order valence-electron chi connectivity index (χ0n) is 9.53. The molecule has 0 heterocycles. The second-order valence-corrected chi connectivity index (χ2v) is 3.42. The fourth-order valence-electron chi connectivity index (χ4n) is 1.39. The second-order valence-electron chi connectivity index (χ2n) is 3.42. The molecular weight excluding hydrogens is 204 g/mol. The van der Waals surface area contributed by atoms with E-state index in [0.717, 1.165) is 17.7 Å². The first-order valence-corrected chi connectivity index (χ1v) is 5.39. The highest BCUT2D eigenvalue weighted by molar-refractivity contribution is 5.75. The maximum absolute atomic E-state index is 11.0. The molecule has 0 spiro atoms. The van der Waals surface area contributed by atoms with E-state index in [2.05, 4.69) is 5.32 Å². The lowest BCUT2D eigenvalue weighted by Crippen LogP contribution is -2.20. The van der Waals surface area contributed by atoms with Crippen molar-refractivity contribution in [3.05, 3.63) is 29.8 Å². The molecule has 0 fully saturated rings. The molecule has 16 heavy (non-hydrogen) atoms. The standard InChI is InChI=1S/C12H18N2O2/c1-14-12(15)7-9-16-11-5-3-2-4-10(11)6-8-13/h2-5H,6-9,13H2,1H3,(H,14,15). The van der Waals surface area contributed by atoms with Crippen molar-refractivity contribution < 1.29 is 9.53 Å². The Hall–Kier alpha value is -1.55. The van der Waals surface area contributed by atoms with Crippen LogP contribution < -0.4 is 15.8 Å². The van der Waals surface area contributed by atoms with Gasteiger partial charge in [-0.2, -0.15) is 0 Å². The highest BCUT2D eigenvalue weighted by atomic mass is 16.5. The average Bonchev–Trinajstić information content (AvgIpc) is 2.31. The summed E-state index contributed by atoms with van der Waals surface area (Å²) in [4.78, 5) is 11.0. The second kappa shape index (κ2) is 6.85. The fraction of sp³-hybridized carbons (Fsp3) is 0.417. The van der Waals surface area contributed by atoms with Crippen molar-refractivity contribution in [2.45, 2.75) is 12.8 Å². The Morgan fingerprint density at radius 2 is 2.19 bits per heavy atom. The summed E-state index contributed by atoms with van der Waals surface area (Å²) < 4.78 is 5.55. The summed E-state index contributed by atoms with van der Waals surface area (Å²) in [7, 11) is 1.62. The van der Waals surface area contributed by atoms with Crippen molar-refractivity contribution in [2.75, 3.05) is 20.2 Å². The Morgan fingerprint density at radius 1 is 1.44 bits per heavy atom. The highest BCUT2D eigenvalue weighted by Gasteiger charge is 2.03. The molecule has 4 heteroatoms. The molecule has 0 aliphatic carbocycles. The van der Waals surface area contributed by atoms with Gasteiger partial charge in [0.25, 0.3) is 0 Å². The Kier molecular flexibility index (Phi) is 5.36. The van der Waals surface area contributed by atoms with E-state index in [4.69, 9.17) is 10.5 Å². The predicted octanol–water partition coefficient (Wildman–Crippen LogP) is 0.703. The zero-order chi connectivity index (χ0) is 11.8. The molecule has 0 atom stereocenters. The third-order valence-electron chi connectivity index (χ3n) is 2.25. The third kappa shape index (κ3) is 3.90. The molecule has 0 aliphatic rings. The van der Waals surface area contributed by atoms with Crippen LogP contribution in [0.4, 0.5) is 0 Å². The number of hydrogen-bond acceptors (Lipinski definition) is 3. The molecule has 1 rings (SSSR count). The van der Waals surface area contributed by atoms with Gasteiger partial charge in [-0.1, -0.05) is 18.2 Å². The normalized spacial score (nSPS) is 9.88. The number of amides is 1. The molecule has 88 valence electrons. The first-order valence-electron chi connectivity index (χ1n) is 5.39. The van der Waals surface area contributed by atoms with Crippen LogP contribution in [0.25, 0.3) is 0 Å². The molecule has 0 saturated carbocycles. The minimum absolute atomic E-state index is 0.0173. The van der Waals surface area contributed by atoms with Gasteiger partial charge in [0.2, 0.25) is 5.91 Å². The van der Waals surface area contributed by atoms with Crippen LogP contribution in [-0.2, 0) is 11.2 Å². The van der Waals surface area contributed by atoms with Crippen molar-refractivity contribution in [3.63, 3.8) is 0 Å². The number of ether oxygens (including phenoxy) is 1. The lowest BCUT2D eigenvalue weighted by atomic mass is 10.1. The maximum atomic E-state index is 11.0. The van der Waals surface area contributed by atoms with Gasteiger partial charge in [0.15, 0.2) is 0 Å². The molecule has 0 aliphatic heterocycles. The van der Waals surface area contributed by atoms with Gasteiger partial charge in [0.1, 0.15) is 5.75 Å². The van der Waals surface area contributed by atoms with E-state index in [1.54, 1.807) is 7.05 Å². The molecule has 1 aromatic carbocycles. The fourth-order valence-corrected chi connectivity index (χ4v) is 1.39. The summed E-state index contributed by atoms with van der Waals surface area (Å²) in [6.07, 6.45) is 1.16. The molecule has 0 aromatic heterocycles. The van der Waals surface area contributed by atoms with Gasteiger partial charge >= 0.3 is 0 Å². The Morgan fingerprint density at radius 3 is 2.88 bits per heavy atom. The lowest BCUT2D eigenvalue weighted by Gasteiger charge is -2.10. The minimum Gasteiger partial charge on any atom is -0.493 e. The molecule has 3 N–H and O–H groups in total. The van der Waals surface area contributed by atoms with Gasteiger partial charge in [0, 0.05) is 7.05 Å². The van der Waals surface area contributed by atoms with E-state index in [-0.39, 0.29) is 5.91 Å². The van der Waals surface area contributed by atoms with E-state index in [9.17, 15) is 4.79 Å². The van der Waals surface area contributed by atoms with Crippen LogP contribution in [-0.4, -0.2) is 26.1 Å². The lowest BCUT2D eigenvalue weighted by molar-refractivity contribution is -0.121. The first kappa shape index (κ1) is 12.5. The number of hydrogen-bond donors (Lipinski definition) is 2. The van der Waals surface area contributed by atoms with Crippen molar-refractivity contribution in [2.24, 2.45) is 5.73 Å². The monoisotopic (exact) mass is 222 g/mol. The van der Waals surface area contributed by atoms with Crippen LogP contribution in [0.3, 0.4) is 0 Å². The highest BCUT2D eigenvalue weighted by Crippen LogP contribution is 2.18. The molecule has 0 radical (unpaired) electrons. The molecule has 4 nitrogen and oxygen atoms in total. The Balaban J connectivity index is 2.49. The SMILES string of the molecule is CNC(=O)CCOc1ccccc1CCN. The van der Waals surface area contributed by atoms with Crippen LogP contribution >= 0.6 is 0 Å². The van der Waals surface area contributed by atoms with Gasteiger partial charge in [-0.3, -0.25) is 4.79 Å². The van der Waals surface area contributed by atoms with Crippen LogP contribution in [0, 0.1) is 0 Å². The largest absolute Gasteiger partial charge is 0.493 e. The number of carbonyl (C=O) groups is 1. The number of nitrogens with two attached hydrogens (primary N) is 1. The molecule has 1 aromatic rings. The van der Waals surface area contributed by atoms with Crippen LogP contribution in [0.1, 0.15) is 12.0 Å². The number of rotatable bonds is 6. The average molecular weight is 222 g/mol. The zero-order valence-corrected chi connectivity index (χ0v) is 9.53. The number of para-hydroxylation sites is 1. The van der Waals surface area contributed by atoms with Gasteiger partial charge < -0.3 is 15.8 Å². The van der Waals surface area contributed by atoms with Crippen molar-refractivity contribution >= 4 is 5.91 Å². The van der Waals surface area contributed by atoms with Gasteiger partial charge in [0.05, 0.1) is 13.0 Å². The van der Waals surface area contributed by atoms with Crippen molar-refractivity contribution in [1.29, 1.82) is 0 Å². The summed E-state index contributed by atoms with van der Waals surface area (Å²) in [5.74, 6) is 0.799. The summed E-state index contributed by atoms with van der Waals surface area (Å²) >= 11 is 0. The minimum atomic E-state index is -0.0173. The Labute approximate surface area is 95.8 Å². The predicted molar refractivity (Wildman–Crippen MR) is 63.4 cm³/mol. The number of carbonyl (C=O) groups excluding carboxylic acids is 1.